The van der Waals surface area contributed by atoms with Gasteiger partial charge in [-0.3, -0.25) is 0 Å². The van der Waals surface area contributed by atoms with E-state index in [9.17, 15) is 9.90 Å². The number of anilines is 1. The molecule has 1 aliphatic rings. The van der Waals surface area contributed by atoms with Gasteiger partial charge in [-0.15, -0.1) is 0 Å². The van der Waals surface area contributed by atoms with Crippen LogP contribution in [-0.4, -0.2) is 30.9 Å². The van der Waals surface area contributed by atoms with Crippen LogP contribution in [0.15, 0.2) is 42.4 Å². The maximum absolute atomic E-state index is 11.1. The summed E-state index contributed by atoms with van der Waals surface area (Å²) in [4.78, 5) is 15.1. The average molecular weight is 258 g/mol. The van der Waals surface area contributed by atoms with Gasteiger partial charge in [-0.1, -0.05) is 12.1 Å². The molecule has 1 atom stereocenters. The molecule has 96 valence electrons. The summed E-state index contributed by atoms with van der Waals surface area (Å²) >= 11 is 0. The molecule has 1 aromatic heterocycles. The SMILES string of the molecule is O=C(O)C1=C[C@H](c2cccc(O)c2)n2ncnc2N1. The molecular weight excluding hydrogens is 248 g/mol. The minimum atomic E-state index is -1.07. The molecule has 0 bridgehead atoms. The fraction of sp³-hybridized carbons (Fsp3) is 0.0833. The Bertz CT molecular complexity index is 677. The summed E-state index contributed by atoms with van der Waals surface area (Å²) in [5.74, 6) is -0.601. The monoisotopic (exact) mass is 258 g/mol. The first-order chi connectivity index (χ1) is 9.15. The summed E-state index contributed by atoms with van der Waals surface area (Å²) in [6, 6.07) is 6.18. The highest BCUT2D eigenvalue weighted by Gasteiger charge is 2.25. The Labute approximate surface area is 107 Å². The summed E-state index contributed by atoms with van der Waals surface area (Å²) in [7, 11) is 0. The van der Waals surface area contributed by atoms with Crippen LogP contribution < -0.4 is 5.32 Å². The van der Waals surface area contributed by atoms with E-state index in [4.69, 9.17) is 5.11 Å². The molecule has 0 saturated heterocycles. The Morgan fingerprint density at radius 1 is 1.42 bits per heavy atom. The van der Waals surface area contributed by atoms with Crippen molar-refractivity contribution in [2.24, 2.45) is 0 Å². The number of hydrogen-bond acceptors (Lipinski definition) is 5. The van der Waals surface area contributed by atoms with Crippen molar-refractivity contribution in [2.75, 3.05) is 5.32 Å². The Hall–Kier alpha value is -2.83. The van der Waals surface area contributed by atoms with Crippen LogP contribution in [0.4, 0.5) is 5.95 Å². The number of aliphatic carboxylic acids is 1. The third kappa shape index (κ3) is 1.90. The highest BCUT2D eigenvalue weighted by molar-refractivity contribution is 5.90. The van der Waals surface area contributed by atoms with Crippen molar-refractivity contribution >= 4 is 11.9 Å². The number of aromatic nitrogens is 3. The zero-order valence-electron chi connectivity index (χ0n) is 9.69. The van der Waals surface area contributed by atoms with Gasteiger partial charge in [0.05, 0.1) is 0 Å². The molecule has 0 amide bonds. The zero-order valence-corrected chi connectivity index (χ0v) is 9.69. The second kappa shape index (κ2) is 4.13. The van der Waals surface area contributed by atoms with Gasteiger partial charge in [-0.05, 0) is 23.8 Å². The summed E-state index contributed by atoms with van der Waals surface area (Å²) in [6.07, 6.45) is 2.87. The summed E-state index contributed by atoms with van der Waals surface area (Å²) in [6.45, 7) is 0. The Kier molecular flexibility index (Phi) is 2.45. The van der Waals surface area contributed by atoms with Crippen LogP contribution in [0.25, 0.3) is 0 Å². The Morgan fingerprint density at radius 3 is 3.00 bits per heavy atom. The number of hydrogen-bond donors (Lipinski definition) is 3. The van der Waals surface area contributed by atoms with E-state index < -0.39 is 12.0 Å². The molecule has 7 nitrogen and oxygen atoms in total. The predicted octanol–water partition coefficient (Wildman–Crippen LogP) is 0.967. The number of benzene rings is 1. The average Bonchev–Trinajstić information content (AvgIpc) is 2.85. The van der Waals surface area contributed by atoms with Gasteiger partial charge < -0.3 is 15.5 Å². The number of phenolic OH excluding ortho intramolecular Hbond substituents is 1. The number of rotatable bonds is 2. The van der Waals surface area contributed by atoms with Crippen LogP contribution in [0.2, 0.25) is 0 Å². The number of carboxylic acids is 1. The molecule has 2 aromatic rings. The van der Waals surface area contributed by atoms with Crippen molar-refractivity contribution in [1.29, 1.82) is 0 Å². The number of carboxylic acid groups (broad SMARTS) is 1. The topological polar surface area (TPSA) is 100 Å². The number of allylic oxidation sites excluding steroid dienone is 1. The first-order valence-corrected chi connectivity index (χ1v) is 5.56. The van der Waals surface area contributed by atoms with Crippen molar-refractivity contribution in [2.45, 2.75) is 6.04 Å². The lowest BCUT2D eigenvalue weighted by atomic mass is 10.0. The number of phenols is 1. The van der Waals surface area contributed by atoms with E-state index in [0.717, 1.165) is 5.56 Å². The molecule has 0 unspecified atom stereocenters. The summed E-state index contributed by atoms with van der Waals surface area (Å²) in [5.41, 5.74) is 0.765. The van der Waals surface area contributed by atoms with Crippen molar-refractivity contribution < 1.29 is 15.0 Å². The molecule has 3 N–H and O–H groups in total. The summed E-state index contributed by atoms with van der Waals surface area (Å²) in [5, 5.41) is 25.3. The number of nitrogens with zero attached hydrogens (tertiary/aromatic N) is 3. The van der Waals surface area contributed by atoms with E-state index in [1.165, 1.54) is 12.4 Å². The van der Waals surface area contributed by atoms with Gasteiger partial charge >= 0.3 is 5.97 Å². The molecule has 2 heterocycles. The van der Waals surface area contributed by atoms with Crippen LogP contribution in [0.5, 0.6) is 5.75 Å². The third-order valence-electron chi connectivity index (χ3n) is 2.85. The second-order valence-electron chi connectivity index (χ2n) is 4.08. The lowest BCUT2D eigenvalue weighted by Gasteiger charge is -2.22. The van der Waals surface area contributed by atoms with Gasteiger partial charge in [0, 0.05) is 0 Å². The van der Waals surface area contributed by atoms with E-state index in [2.05, 4.69) is 15.4 Å². The fourth-order valence-electron chi connectivity index (χ4n) is 2.00. The van der Waals surface area contributed by atoms with Crippen molar-refractivity contribution in [3.8, 4) is 5.75 Å². The highest BCUT2D eigenvalue weighted by atomic mass is 16.4. The Balaban J connectivity index is 2.11. The summed E-state index contributed by atoms with van der Waals surface area (Å²) < 4.78 is 1.56. The molecule has 0 spiro atoms. The van der Waals surface area contributed by atoms with E-state index in [0.29, 0.717) is 5.95 Å². The van der Waals surface area contributed by atoms with Crippen LogP contribution in [0.3, 0.4) is 0 Å². The van der Waals surface area contributed by atoms with Crippen molar-refractivity contribution in [3.05, 3.63) is 47.9 Å². The number of fused-ring (bicyclic) bond motifs is 1. The minimum Gasteiger partial charge on any atom is -0.508 e. The van der Waals surface area contributed by atoms with E-state index >= 15 is 0 Å². The first kappa shape index (κ1) is 11.3. The van der Waals surface area contributed by atoms with Gasteiger partial charge in [-0.2, -0.15) is 10.1 Å². The highest BCUT2D eigenvalue weighted by Crippen LogP contribution is 2.29. The molecule has 19 heavy (non-hydrogen) atoms. The smallest absolute Gasteiger partial charge is 0.352 e. The van der Waals surface area contributed by atoms with Crippen LogP contribution in [0, 0.1) is 0 Å². The van der Waals surface area contributed by atoms with E-state index in [1.54, 1.807) is 28.9 Å². The number of carbonyl (C=O) groups is 1. The number of aromatic hydroxyl groups is 1. The first-order valence-electron chi connectivity index (χ1n) is 5.56. The normalized spacial score (nSPS) is 17.3. The number of nitrogens with one attached hydrogen (secondary N) is 1. The predicted molar refractivity (Wildman–Crippen MR) is 65.6 cm³/mol. The van der Waals surface area contributed by atoms with Crippen LogP contribution in [0.1, 0.15) is 11.6 Å². The van der Waals surface area contributed by atoms with E-state index in [1.807, 2.05) is 0 Å². The van der Waals surface area contributed by atoms with Gasteiger partial charge in [0.25, 0.3) is 0 Å². The third-order valence-corrected chi connectivity index (χ3v) is 2.85. The minimum absolute atomic E-state index is 0.0360. The maximum atomic E-state index is 11.1. The van der Waals surface area contributed by atoms with Crippen molar-refractivity contribution in [1.82, 2.24) is 14.8 Å². The molecule has 0 saturated carbocycles. The molecule has 1 aromatic carbocycles. The lowest BCUT2D eigenvalue weighted by molar-refractivity contribution is -0.132. The molecule has 3 rings (SSSR count). The molecular formula is C12H10N4O3. The molecule has 0 radical (unpaired) electrons. The molecule has 0 aliphatic carbocycles. The maximum Gasteiger partial charge on any atom is 0.352 e. The van der Waals surface area contributed by atoms with Crippen LogP contribution in [-0.2, 0) is 4.79 Å². The Morgan fingerprint density at radius 2 is 2.26 bits per heavy atom. The fourth-order valence-corrected chi connectivity index (χ4v) is 2.00. The van der Waals surface area contributed by atoms with E-state index in [-0.39, 0.29) is 11.4 Å². The van der Waals surface area contributed by atoms with Gasteiger partial charge in [0.15, 0.2) is 0 Å². The standard InChI is InChI=1S/C12H10N4O3/c17-8-3-1-2-7(4-8)10-5-9(11(18)19)15-12-13-6-14-16(10)12/h1-6,10,17H,(H,18,19)(H,13,14,15)/t10-/m1/s1. The second-order valence-corrected chi connectivity index (χ2v) is 4.08. The lowest BCUT2D eigenvalue weighted by Crippen LogP contribution is -2.24. The van der Waals surface area contributed by atoms with Gasteiger partial charge in [-0.25, -0.2) is 9.48 Å². The van der Waals surface area contributed by atoms with Crippen LogP contribution >= 0.6 is 0 Å². The van der Waals surface area contributed by atoms with Crippen molar-refractivity contribution in [3.63, 3.8) is 0 Å². The quantitative estimate of drug-likeness (QED) is 0.742. The zero-order chi connectivity index (χ0) is 13.4. The molecule has 1 aliphatic heterocycles. The van der Waals surface area contributed by atoms with Gasteiger partial charge in [0.1, 0.15) is 23.8 Å². The molecule has 0 fully saturated rings. The molecule has 7 heteroatoms. The largest absolute Gasteiger partial charge is 0.508 e. The van der Waals surface area contributed by atoms with Gasteiger partial charge in [0.2, 0.25) is 5.95 Å².